The van der Waals surface area contributed by atoms with E-state index in [4.69, 9.17) is 23.2 Å². The van der Waals surface area contributed by atoms with Crippen LogP contribution in [0.3, 0.4) is 0 Å². The summed E-state index contributed by atoms with van der Waals surface area (Å²) in [5, 5.41) is 7.73. The molecule has 0 aromatic heterocycles. The highest BCUT2D eigenvalue weighted by molar-refractivity contribution is 6.39. The molecule has 1 unspecified atom stereocenters. The van der Waals surface area contributed by atoms with Crippen molar-refractivity contribution in [3.05, 3.63) is 28.2 Å². The Balaban J connectivity index is 2.63. The molecule has 126 valence electrons. The van der Waals surface area contributed by atoms with Crippen molar-refractivity contribution in [2.24, 2.45) is 0 Å². The van der Waals surface area contributed by atoms with E-state index in [-0.39, 0.29) is 12.5 Å². The predicted octanol–water partition coefficient (Wildman–Crippen LogP) is 0.291. The van der Waals surface area contributed by atoms with Gasteiger partial charge >= 0.3 is 6.03 Å². The molecule has 23 heavy (non-hydrogen) atoms. The molecule has 0 radical (unpaired) electrons. The summed E-state index contributed by atoms with van der Waals surface area (Å²) in [6.45, 7) is 1.62. The molecule has 2 atom stereocenters. The Labute approximate surface area is 144 Å². The molecule has 0 fully saturated rings. The van der Waals surface area contributed by atoms with Crippen LogP contribution in [-0.2, 0) is 9.59 Å². The number of rotatable bonds is 5. The van der Waals surface area contributed by atoms with Gasteiger partial charge in [-0.1, -0.05) is 29.3 Å². The zero-order valence-corrected chi connectivity index (χ0v) is 14.5. The van der Waals surface area contributed by atoms with Gasteiger partial charge < -0.3 is 15.5 Å². The van der Waals surface area contributed by atoms with Crippen LogP contribution in [0.5, 0.6) is 0 Å². The summed E-state index contributed by atoms with van der Waals surface area (Å²) in [4.78, 5) is 35.6. The summed E-state index contributed by atoms with van der Waals surface area (Å²) >= 11 is 12.0. The third kappa shape index (κ3) is 5.70. The molecular weight excluding hydrogens is 343 g/mol. The second-order valence-corrected chi connectivity index (χ2v) is 5.77. The minimum Gasteiger partial charge on any atom is -0.341 e. The molecule has 0 heterocycles. The number of carbonyl (C=O) groups is 3. The maximum atomic E-state index is 12.1. The maximum Gasteiger partial charge on any atom is 0.321 e. The van der Waals surface area contributed by atoms with Crippen molar-refractivity contribution >= 4 is 46.7 Å². The normalized spacial score (nSPS) is 12.9. The number of carbonyl (C=O) groups excluding carboxylic acids is 3. The Bertz CT molecular complexity index is 589. The van der Waals surface area contributed by atoms with E-state index in [0.717, 1.165) is 0 Å². The van der Waals surface area contributed by atoms with Crippen LogP contribution >= 0.6 is 23.2 Å². The number of quaternary nitrogens is 1. The van der Waals surface area contributed by atoms with E-state index in [9.17, 15) is 14.4 Å². The summed E-state index contributed by atoms with van der Waals surface area (Å²) in [6.07, 6.45) is 0. The average Bonchev–Trinajstić information content (AvgIpc) is 2.49. The van der Waals surface area contributed by atoms with Crippen molar-refractivity contribution in [2.75, 3.05) is 26.0 Å². The lowest BCUT2D eigenvalue weighted by molar-refractivity contribution is -0.885. The van der Waals surface area contributed by atoms with Gasteiger partial charge in [0.2, 0.25) is 0 Å². The Morgan fingerprint density at radius 3 is 2.30 bits per heavy atom. The summed E-state index contributed by atoms with van der Waals surface area (Å²) in [5.41, 5.74) is 0.330. The topological polar surface area (TPSA) is 91.7 Å². The number of halogens is 2. The van der Waals surface area contributed by atoms with Crippen LogP contribution in [0, 0.1) is 0 Å². The van der Waals surface area contributed by atoms with Gasteiger partial charge in [0.15, 0.2) is 12.6 Å². The molecule has 0 spiro atoms. The van der Waals surface area contributed by atoms with Crippen molar-refractivity contribution in [1.82, 2.24) is 10.6 Å². The summed E-state index contributed by atoms with van der Waals surface area (Å²) < 4.78 is 0. The molecule has 9 heteroatoms. The van der Waals surface area contributed by atoms with Crippen LogP contribution in [-0.4, -0.2) is 44.5 Å². The molecule has 0 bridgehead atoms. The molecule has 1 aromatic carbocycles. The number of anilines is 1. The quantitative estimate of drug-likeness (QED) is 0.607. The highest BCUT2D eigenvalue weighted by Gasteiger charge is 2.25. The zero-order valence-electron chi connectivity index (χ0n) is 13.0. The summed E-state index contributed by atoms with van der Waals surface area (Å²) in [6, 6.07) is 3.70. The first-order valence-corrected chi connectivity index (χ1v) is 7.60. The van der Waals surface area contributed by atoms with Gasteiger partial charge in [-0.2, -0.15) is 0 Å². The number of likely N-dealkylation sites (N-methyl/N-ethyl adjacent to an activating group) is 1. The second-order valence-electron chi connectivity index (χ2n) is 4.96. The van der Waals surface area contributed by atoms with E-state index in [1.165, 1.54) is 7.05 Å². The first-order chi connectivity index (χ1) is 10.8. The number of nitrogens with one attached hydrogen (secondary N) is 4. The first kappa shape index (κ1) is 19.2. The fourth-order valence-corrected chi connectivity index (χ4v) is 2.21. The van der Waals surface area contributed by atoms with Crippen LogP contribution in [0.2, 0.25) is 10.0 Å². The van der Waals surface area contributed by atoms with Gasteiger partial charge in [-0.25, -0.2) is 4.79 Å². The van der Waals surface area contributed by atoms with Crippen molar-refractivity contribution < 1.29 is 19.3 Å². The van der Waals surface area contributed by atoms with E-state index in [1.54, 1.807) is 32.2 Å². The summed E-state index contributed by atoms with van der Waals surface area (Å²) in [7, 11) is 3.08. The lowest BCUT2D eigenvalue weighted by Crippen LogP contribution is -3.15. The molecule has 0 saturated heterocycles. The third-order valence-electron chi connectivity index (χ3n) is 3.26. The van der Waals surface area contributed by atoms with E-state index >= 15 is 0 Å². The zero-order chi connectivity index (χ0) is 17.6. The van der Waals surface area contributed by atoms with E-state index < -0.39 is 18.0 Å². The fraction of sp³-hybridized carbons (Fsp3) is 0.357. The molecular formula is C14H19Cl2N4O3+. The number of para-hydroxylation sites is 1. The van der Waals surface area contributed by atoms with E-state index in [1.807, 2.05) is 0 Å². The minimum absolute atomic E-state index is 0.00385. The number of amides is 4. The monoisotopic (exact) mass is 361 g/mol. The number of urea groups is 1. The minimum atomic E-state index is -0.597. The molecule has 1 aromatic rings. The molecule has 0 aliphatic carbocycles. The number of hydrogen-bond acceptors (Lipinski definition) is 3. The molecule has 0 saturated carbocycles. The van der Waals surface area contributed by atoms with Crippen LogP contribution in [0.4, 0.5) is 10.5 Å². The third-order valence-corrected chi connectivity index (χ3v) is 3.89. The largest absolute Gasteiger partial charge is 0.341 e. The number of hydrogen-bond donors (Lipinski definition) is 4. The average molecular weight is 362 g/mol. The number of benzene rings is 1. The first-order valence-electron chi connectivity index (χ1n) is 6.85. The van der Waals surface area contributed by atoms with Crippen molar-refractivity contribution in [3.63, 3.8) is 0 Å². The predicted molar refractivity (Wildman–Crippen MR) is 88.9 cm³/mol. The smallest absolute Gasteiger partial charge is 0.321 e. The van der Waals surface area contributed by atoms with Gasteiger partial charge in [0.25, 0.3) is 11.8 Å². The molecule has 7 nitrogen and oxygen atoms in total. The van der Waals surface area contributed by atoms with Crippen LogP contribution < -0.4 is 20.9 Å². The van der Waals surface area contributed by atoms with Gasteiger partial charge in [-0.05, 0) is 19.1 Å². The molecule has 4 N–H and O–H groups in total. The Kier molecular flexibility index (Phi) is 7.28. The van der Waals surface area contributed by atoms with Crippen LogP contribution in [0.25, 0.3) is 0 Å². The maximum absolute atomic E-state index is 12.1. The van der Waals surface area contributed by atoms with Gasteiger partial charge in [0.05, 0.1) is 22.8 Å². The highest BCUT2D eigenvalue weighted by Crippen LogP contribution is 2.29. The molecule has 0 aliphatic rings. The summed E-state index contributed by atoms with van der Waals surface area (Å²) in [5.74, 6) is -0.831. The number of imide groups is 1. The standard InChI is InChI=1S/C14H18Cl2N4O3/c1-8(13(22)19-14(23)17-2)20(3)7-11(21)18-12-9(15)5-4-6-10(12)16/h4-6,8H,7H2,1-3H3,(H,18,21)(H2,17,19,22,23)/p+1/t8-/m1/s1. The van der Waals surface area contributed by atoms with Crippen molar-refractivity contribution in [3.8, 4) is 0 Å². The lowest BCUT2D eigenvalue weighted by Gasteiger charge is -2.20. The lowest BCUT2D eigenvalue weighted by atomic mass is 10.2. The molecule has 0 aliphatic heterocycles. The van der Waals surface area contributed by atoms with Gasteiger partial charge in [-0.3, -0.25) is 14.9 Å². The second kappa shape index (κ2) is 8.71. The SMILES string of the molecule is CNC(=O)NC(=O)[C@@H](C)[NH+](C)CC(=O)Nc1c(Cl)cccc1Cl. The molecule has 1 rings (SSSR count). The van der Waals surface area contributed by atoms with Crippen molar-refractivity contribution in [2.45, 2.75) is 13.0 Å². The Hall–Kier alpha value is -1.83. The van der Waals surface area contributed by atoms with Gasteiger partial charge in [0.1, 0.15) is 0 Å². The van der Waals surface area contributed by atoms with Crippen LogP contribution in [0.1, 0.15) is 6.92 Å². The van der Waals surface area contributed by atoms with Crippen LogP contribution in [0.15, 0.2) is 18.2 Å². The Morgan fingerprint density at radius 1 is 1.22 bits per heavy atom. The highest BCUT2D eigenvalue weighted by atomic mass is 35.5. The van der Waals surface area contributed by atoms with Gasteiger partial charge in [0, 0.05) is 7.05 Å². The Morgan fingerprint density at radius 2 is 1.78 bits per heavy atom. The fourth-order valence-electron chi connectivity index (χ4n) is 1.71. The molecule has 4 amide bonds. The van der Waals surface area contributed by atoms with Gasteiger partial charge in [-0.15, -0.1) is 0 Å². The van der Waals surface area contributed by atoms with E-state index in [0.29, 0.717) is 20.6 Å². The van der Waals surface area contributed by atoms with E-state index in [2.05, 4.69) is 16.0 Å². The van der Waals surface area contributed by atoms with Crippen molar-refractivity contribution in [1.29, 1.82) is 0 Å².